The van der Waals surface area contributed by atoms with Crippen molar-refractivity contribution in [2.45, 2.75) is 45.3 Å². The number of carbonyl (C=O) groups excluding carboxylic acids is 1. The molecule has 0 saturated carbocycles. The number of nitrogens with zero attached hydrogens (tertiary/aromatic N) is 2. The Kier molecular flexibility index (Phi) is 3.79. The number of piperazine rings is 1. The van der Waals surface area contributed by atoms with E-state index in [1.807, 2.05) is 20.8 Å². The zero-order valence-corrected chi connectivity index (χ0v) is 12.6. The molecule has 2 aliphatic heterocycles. The van der Waals surface area contributed by atoms with Crippen LogP contribution in [-0.4, -0.2) is 60.7 Å². The third-order valence-electron chi connectivity index (χ3n) is 3.41. The number of hydrogen-bond acceptors (Lipinski definition) is 4. The summed E-state index contributed by atoms with van der Waals surface area (Å²) in [7, 11) is -3.12. The predicted octanol–water partition coefficient (Wildman–Crippen LogP) is 1.03. The van der Waals surface area contributed by atoms with Gasteiger partial charge in [0, 0.05) is 25.7 Å². The molecule has 0 spiro atoms. The Labute approximate surface area is 114 Å². The number of fused-ring (bicyclic) bond motifs is 2. The van der Waals surface area contributed by atoms with Crippen LogP contribution in [-0.2, 0) is 14.8 Å². The van der Waals surface area contributed by atoms with E-state index < -0.39 is 15.6 Å². The molecule has 2 rings (SSSR count). The number of ether oxygens (including phenoxy) is 1. The van der Waals surface area contributed by atoms with Crippen molar-refractivity contribution < 1.29 is 17.9 Å². The highest BCUT2D eigenvalue weighted by Gasteiger charge is 2.39. The van der Waals surface area contributed by atoms with Crippen molar-refractivity contribution in [3.63, 3.8) is 0 Å². The smallest absolute Gasteiger partial charge is 0.410 e. The highest BCUT2D eigenvalue weighted by atomic mass is 32.2. The Hall–Kier alpha value is -0.820. The highest BCUT2D eigenvalue weighted by molar-refractivity contribution is 7.89. The fourth-order valence-corrected chi connectivity index (χ4v) is 4.07. The molecule has 2 atom stereocenters. The average Bonchev–Trinajstić information content (AvgIpc) is 2.35. The molecule has 2 heterocycles. The average molecular weight is 290 g/mol. The third kappa shape index (κ3) is 3.39. The van der Waals surface area contributed by atoms with E-state index in [9.17, 15) is 13.2 Å². The van der Waals surface area contributed by atoms with Crippen molar-refractivity contribution in [3.8, 4) is 0 Å². The van der Waals surface area contributed by atoms with Crippen LogP contribution in [0.25, 0.3) is 0 Å². The summed E-state index contributed by atoms with van der Waals surface area (Å²) in [6.45, 7) is 6.69. The summed E-state index contributed by atoms with van der Waals surface area (Å²) < 4.78 is 30.7. The molecule has 1 unspecified atom stereocenters. The van der Waals surface area contributed by atoms with Crippen LogP contribution in [0.15, 0.2) is 0 Å². The molecule has 0 aromatic carbocycles. The fraction of sp³-hybridized carbons (Fsp3) is 0.917. The molecule has 0 radical (unpaired) electrons. The van der Waals surface area contributed by atoms with Crippen LogP contribution in [0.4, 0.5) is 4.79 Å². The van der Waals surface area contributed by atoms with Gasteiger partial charge in [-0.25, -0.2) is 13.2 Å². The van der Waals surface area contributed by atoms with Crippen molar-refractivity contribution in [1.82, 2.24) is 9.21 Å². The highest BCUT2D eigenvalue weighted by Crippen LogP contribution is 2.24. The first kappa shape index (κ1) is 14.6. The van der Waals surface area contributed by atoms with E-state index in [2.05, 4.69) is 0 Å². The monoisotopic (exact) mass is 290 g/mol. The van der Waals surface area contributed by atoms with Crippen LogP contribution >= 0.6 is 0 Å². The number of carbonyl (C=O) groups is 1. The molecule has 2 bridgehead atoms. The second kappa shape index (κ2) is 4.94. The Morgan fingerprint density at radius 2 is 1.95 bits per heavy atom. The summed E-state index contributed by atoms with van der Waals surface area (Å²) in [4.78, 5) is 13.8. The lowest BCUT2D eigenvalue weighted by molar-refractivity contribution is 0.00586. The predicted molar refractivity (Wildman–Crippen MR) is 71.3 cm³/mol. The van der Waals surface area contributed by atoms with E-state index >= 15 is 0 Å². The van der Waals surface area contributed by atoms with E-state index in [4.69, 9.17) is 4.74 Å². The Balaban J connectivity index is 2.09. The minimum atomic E-state index is -3.12. The first-order valence-electron chi connectivity index (χ1n) is 6.66. The molecule has 19 heavy (non-hydrogen) atoms. The van der Waals surface area contributed by atoms with Crippen molar-refractivity contribution in [2.75, 3.05) is 25.4 Å². The molecule has 0 aliphatic carbocycles. The van der Waals surface area contributed by atoms with Crippen LogP contribution in [0, 0.1) is 0 Å². The Morgan fingerprint density at radius 3 is 2.58 bits per heavy atom. The van der Waals surface area contributed by atoms with Crippen molar-refractivity contribution in [2.24, 2.45) is 0 Å². The number of sulfonamides is 1. The largest absolute Gasteiger partial charge is 0.444 e. The fourth-order valence-electron chi connectivity index (χ4n) is 2.52. The molecular formula is C12H22N2O4S. The molecule has 7 heteroatoms. The second-order valence-corrected chi connectivity index (χ2v) is 8.23. The zero-order chi connectivity index (χ0) is 14.3. The first-order chi connectivity index (χ1) is 8.69. The van der Waals surface area contributed by atoms with Crippen LogP contribution in [0.5, 0.6) is 0 Å². The molecule has 110 valence electrons. The normalized spacial score (nSPS) is 30.6. The Bertz CT molecular complexity index is 455. The van der Waals surface area contributed by atoms with Gasteiger partial charge in [-0.1, -0.05) is 0 Å². The van der Waals surface area contributed by atoms with Gasteiger partial charge < -0.3 is 9.64 Å². The van der Waals surface area contributed by atoms with Crippen molar-refractivity contribution >= 4 is 16.1 Å². The van der Waals surface area contributed by atoms with Crippen LogP contribution in [0.1, 0.15) is 33.6 Å². The maximum Gasteiger partial charge on any atom is 0.410 e. The lowest BCUT2D eigenvalue weighted by Gasteiger charge is -2.39. The molecule has 2 aliphatic rings. The number of hydrogen-bond donors (Lipinski definition) is 0. The van der Waals surface area contributed by atoms with Gasteiger partial charge in [-0.2, -0.15) is 4.31 Å². The summed E-state index contributed by atoms with van der Waals surface area (Å²) in [6, 6.07) is -0.0547. The maximum atomic E-state index is 12.1. The number of rotatable bonds is 0. The Morgan fingerprint density at radius 1 is 1.26 bits per heavy atom. The zero-order valence-electron chi connectivity index (χ0n) is 11.8. The minimum absolute atomic E-state index is 0.0547. The maximum absolute atomic E-state index is 12.1. The van der Waals surface area contributed by atoms with Crippen molar-refractivity contribution in [3.05, 3.63) is 0 Å². The molecule has 6 nitrogen and oxygen atoms in total. The topological polar surface area (TPSA) is 66.9 Å². The van der Waals surface area contributed by atoms with E-state index in [1.165, 1.54) is 4.31 Å². The van der Waals surface area contributed by atoms with Gasteiger partial charge in [-0.15, -0.1) is 0 Å². The van der Waals surface area contributed by atoms with Gasteiger partial charge in [-0.05, 0) is 33.6 Å². The SMILES string of the molecule is CC(C)(C)OC(=O)N1CCN2C[C@H]1CCCS2(=O)=O. The quantitative estimate of drug-likeness (QED) is 0.668. The van der Waals surface area contributed by atoms with Crippen molar-refractivity contribution in [1.29, 1.82) is 0 Å². The van der Waals surface area contributed by atoms with E-state index in [1.54, 1.807) is 4.90 Å². The van der Waals surface area contributed by atoms with Gasteiger partial charge >= 0.3 is 6.09 Å². The molecule has 1 amide bonds. The molecular weight excluding hydrogens is 268 g/mol. The molecule has 2 saturated heterocycles. The van der Waals surface area contributed by atoms with Gasteiger partial charge in [0.2, 0.25) is 10.0 Å². The summed E-state index contributed by atoms with van der Waals surface area (Å²) in [5.74, 6) is 0.186. The van der Waals surface area contributed by atoms with Crippen LogP contribution in [0.2, 0.25) is 0 Å². The molecule has 2 fully saturated rings. The molecule has 0 aromatic heterocycles. The summed E-state index contributed by atoms with van der Waals surface area (Å²) in [5.41, 5.74) is -0.523. The molecule has 0 aromatic rings. The summed E-state index contributed by atoms with van der Waals surface area (Å²) >= 11 is 0. The van der Waals surface area contributed by atoms with Crippen LogP contribution < -0.4 is 0 Å². The van der Waals surface area contributed by atoms with E-state index in [0.29, 0.717) is 26.1 Å². The number of amides is 1. The second-order valence-electron chi connectivity index (χ2n) is 6.14. The lowest BCUT2D eigenvalue weighted by Crippen LogP contribution is -2.56. The molecule has 0 N–H and O–H groups in total. The van der Waals surface area contributed by atoms with Gasteiger partial charge in [0.1, 0.15) is 5.60 Å². The standard InChI is InChI=1S/C12H22N2O4S/c1-12(2,3)18-11(15)14-7-6-13-9-10(14)5-4-8-19(13,16)17/h10H,4-9H2,1-3H3/t10-/m1/s1. The first-order valence-corrected chi connectivity index (χ1v) is 8.27. The lowest BCUT2D eigenvalue weighted by atomic mass is 10.1. The summed E-state index contributed by atoms with van der Waals surface area (Å²) in [6.07, 6.45) is 0.981. The van der Waals surface area contributed by atoms with Gasteiger partial charge in [0.25, 0.3) is 0 Å². The van der Waals surface area contributed by atoms with E-state index in [0.717, 1.165) is 6.42 Å². The summed E-state index contributed by atoms with van der Waals surface area (Å²) in [5, 5.41) is 0. The van der Waals surface area contributed by atoms with Gasteiger partial charge in [0.15, 0.2) is 0 Å². The van der Waals surface area contributed by atoms with Gasteiger partial charge in [0.05, 0.1) is 5.75 Å². The van der Waals surface area contributed by atoms with Gasteiger partial charge in [-0.3, -0.25) is 0 Å². The van der Waals surface area contributed by atoms with Crippen LogP contribution in [0.3, 0.4) is 0 Å². The third-order valence-corrected chi connectivity index (χ3v) is 5.33. The van der Waals surface area contributed by atoms with E-state index in [-0.39, 0.29) is 17.9 Å². The minimum Gasteiger partial charge on any atom is -0.444 e.